The van der Waals surface area contributed by atoms with E-state index < -0.39 is 0 Å². The van der Waals surface area contributed by atoms with Crippen LogP contribution in [0.1, 0.15) is 5.69 Å². The molecule has 3 heteroatoms. The average Bonchev–Trinajstić information content (AvgIpc) is 2.58. The van der Waals surface area contributed by atoms with Crippen LogP contribution in [0.15, 0.2) is 29.9 Å². The molecule has 0 atom stereocenters. The number of hydrogen-bond donors (Lipinski definition) is 0. The lowest BCUT2D eigenvalue weighted by Crippen LogP contribution is -1.80. The summed E-state index contributed by atoms with van der Waals surface area (Å²) in [5, 5.41) is 3.00. The van der Waals surface area contributed by atoms with Crippen molar-refractivity contribution < 1.29 is 0 Å². The number of aromatic nitrogens is 2. The van der Waals surface area contributed by atoms with Crippen molar-refractivity contribution in [1.82, 2.24) is 9.97 Å². The largest absolute Gasteiger partial charge is 0.261 e. The summed E-state index contributed by atoms with van der Waals surface area (Å²) in [5.74, 6) is 0. The molecular formula is C9H8N2S. The van der Waals surface area contributed by atoms with E-state index >= 15 is 0 Å². The molecule has 0 bridgehead atoms. The third-order valence-corrected chi connectivity index (χ3v) is 2.41. The van der Waals surface area contributed by atoms with Crippen LogP contribution in [0.5, 0.6) is 0 Å². The van der Waals surface area contributed by atoms with Gasteiger partial charge in [0, 0.05) is 29.0 Å². The van der Waals surface area contributed by atoms with Gasteiger partial charge in [-0.2, -0.15) is 0 Å². The minimum atomic E-state index is 1.03. The van der Waals surface area contributed by atoms with Gasteiger partial charge in [-0.05, 0) is 19.1 Å². The van der Waals surface area contributed by atoms with Crippen molar-refractivity contribution in [3.63, 3.8) is 0 Å². The van der Waals surface area contributed by atoms with Gasteiger partial charge < -0.3 is 0 Å². The average molecular weight is 176 g/mol. The molecule has 0 fully saturated rings. The predicted molar refractivity (Wildman–Crippen MR) is 50.1 cm³/mol. The van der Waals surface area contributed by atoms with Crippen LogP contribution in [0.2, 0.25) is 0 Å². The number of hydrogen-bond acceptors (Lipinski definition) is 3. The first kappa shape index (κ1) is 7.43. The first-order valence-electron chi connectivity index (χ1n) is 3.69. The Kier molecular flexibility index (Phi) is 1.87. The second-order valence-electron chi connectivity index (χ2n) is 2.53. The molecule has 60 valence electrons. The van der Waals surface area contributed by atoms with E-state index in [9.17, 15) is 0 Å². The maximum atomic E-state index is 4.20. The maximum absolute atomic E-state index is 4.20. The quantitative estimate of drug-likeness (QED) is 0.667. The second kappa shape index (κ2) is 3.03. The van der Waals surface area contributed by atoms with Gasteiger partial charge in [0.1, 0.15) is 5.01 Å². The maximum Gasteiger partial charge on any atom is 0.124 e. The summed E-state index contributed by atoms with van der Waals surface area (Å²) in [6, 6.07) is 4.04. The van der Waals surface area contributed by atoms with Crippen LogP contribution in [0.3, 0.4) is 0 Å². The van der Waals surface area contributed by atoms with Crippen LogP contribution in [0.25, 0.3) is 10.6 Å². The van der Waals surface area contributed by atoms with Gasteiger partial charge in [-0.1, -0.05) is 0 Å². The SMILES string of the molecule is Cc1ccc(-c2nccs2)cn1. The molecule has 0 aliphatic carbocycles. The zero-order valence-electron chi connectivity index (χ0n) is 6.69. The van der Waals surface area contributed by atoms with E-state index in [0.717, 1.165) is 16.3 Å². The highest BCUT2D eigenvalue weighted by molar-refractivity contribution is 7.13. The highest BCUT2D eigenvalue weighted by Crippen LogP contribution is 2.20. The molecule has 12 heavy (non-hydrogen) atoms. The van der Waals surface area contributed by atoms with Crippen LogP contribution < -0.4 is 0 Å². The normalized spacial score (nSPS) is 10.1. The van der Waals surface area contributed by atoms with Gasteiger partial charge in [0.15, 0.2) is 0 Å². The standard InChI is InChI=1S/C9H8N2S/c1-7-2-3-8(6-11-7)9-10-4-5-12-9/h2-6H,1H3. The third-order valence-electron chi connectivity index (χ3n) is 1.59. The minimum absolute atomic E-state index is 1.03. The lowest BCUT2D eigenvalue weighted by Gasteiger charge is -1.94. The zero-order valence-corrected chi connectivity index (χ0v) is 7.51. The fraction of sp³-hybridized carbons (Fsp3) is 0.111. The summed E-state index contributed by atoms with van der Waals surface area (Å²) in [5.41, 5.74) is 2.13. The molecule has 0 spiro atoms. The Balaban J connectivity index is 2.43. The fourth-order valence-electron chi connectivity index (χ4n) is 0.960. The van der Waals surface area contributed by atoms with Crippen molar-refractivity contribution in [2.45, 2.75) is 6.92 Å². The minimum Gasteiger partial charge on any atom is -0.261 e. The van der Waals surface area contributed by atoms with Crippen molar-refractivity contribution >= 4 is 11.3 Å². The van der Waals surface area contributed by atoms with E-state index in [2.05, 4.69) is 9.97 Å². The van der Waals surface area contributed by atoms with Crippen molar-refractivity contribution in [3.8, 4) is 10.6 Å². The van der Waals surface area contributed by atoms with Gasteiger partial charge in [0.2, 0.25) is 0 Å². The van der Waals surface area contributed by atoms with Crippen LogP contribution >= 0.6 is 11.3 Å². The number of thiazole rings is 1. The van der Waals surface area contributed by atoms with Gasteiger partial charge in [-0.15, -0.1) is 11.3 Å². The molecule has 0 unspecified atom stereocenters. The van der Waals surface area contributed by atoms with Crippen molar-refractivity contribution in [3.05, 3.63) is 35.6 Å². The molecule has 0 saturated carbocycles. The smallest absolute Gasteiger partial charge is 0.124 e. The fourth-order valence-corrected chi connectivity index (χ4v) is 1.59. The van der Waals surface area contributed by atoms with Crippen molar-refractivity contribution in [2.75, 3.05) is 0 Å². The number of aryl methyl sites for hydroxylation is 1. The van der Waals surface area contributed by atoms with Crippen molar-refractivity contribution in [1.29, 1.82) is 0 Å². The molecule has 0 aliphatic rings. The highest BCUT2D eigenvalue weighted by atomic mass is 32.1. The van der Waals surface area contributed by atoms with Crippen LogP contribution in [0, 0.1) is 6.92 Å². The molecule has 0 N–H and O–H groups in total. The van der Waals surface area contributed by atoms with E-state index in [1.165, 1.54) is 0 Å². The van der Waals surface area contributed by atoms with Gasteiger partial charge >= 0.3 is 0 Å². The van der Waals surface area contributed by atoms with E-state index in [1.807, 2.05) is 30.6 Å². The summed E-state index contributed by atoms with van der Waals surface area (Å²) < 4.78 is 0. The Morgan fingerprint density at radius 3 is 2.75 bits per heavy atom. The first-order chi connectivity index (χ1) is 5.86. The molecule has 2 heterocycles. The van der Waals surface area contributed by atoms with Crippen LogP contribution in [-0.2, 0) is 0 Å². The van der Waals surface area contributed by atoms with Gasteiger partial charge in [0.05, 0.1) is 0 Å². The number of rotatable bonds is 1. The van der Waals surface area contributed by atoms with Crippen molar-refractivity contribution in [2.24, 2.45) is 0 Å². The Morgan fingerprint density at radius 2 is 2.17 bits per heavy atom. The Hall–Kier alpha value is -1.22. The molecule has 0 aliphatic heterocycles. The second-order valence-corrected chi connectivity index (χ2v) is 3.42. The summed E-state index contributed by atoms with van der Waals surface area (Å²) in [6.07, 6.45) is 3.66. The number of pyridine rings is 1. The first-order valence-corrected chi connectivity index (χ1v) is 4.57. The lowest BCUT2D eigenvalue weighted by molar-refractivity contribution is 1.20. The summed E-state index contributed by atoms with van der Waals surface area (Å²) in [6.45, 7) is 1.98. The molecule has 0 amide bonds. The Bertz CT molecular complexity index is 351. The van der Waals surface area contributed by atoms with E-state index in [4.69, 9.17) is 0 Å². The van der Waals surface area contributed by atoms with E-state index in [0.29, 0.717) is 0 Å². The summed E-state index contributed by atoms with van der Waals surface area (Å²) >= 11 is 1.63. The number of nitrogens with zero attached hydrogens (tertiary/aromatic N) is 2. The van der Waals surface area contributed by atoms with E-state index in [1.54, 1.807) is 17.5 Å². The Labute approximate surface area is 74.9 Å². The topological polar surface area (TPSA) is 25.8 Å². The zero-order chi connectivity index (χ0) is 8.39. The third kappa shape index (κ3) is 1.36. The molecular weight excluding hydrogens is 168 g/mol. The molecule has 2 rings (SSSR count). The molecule has 2 aromatic heterocycles. The highest BCUT2D eigenvalue weighted by Gasteiger charge is 1.98. The molecule has 0 aromatic carbocycles. The van der Waals surface area contributed by atoms with Gasteiger partial charge in [-0.3, -0.25) is 4.98 Å². The lowest BCUT2D eigenvalue weighted by atomic mass is 10.3. The summed E-state index contributed by atoms with van der Waals surface area (Å²) in [4.78, 5) is 8.40. The molecule has 0 saturated heterocycles. The molecule has 2 nitrogen and oxygen atoms in total. The Morgan fingerprint density at radius 1 is 1.25 bits per heavy atom. The van der Waals surface area contributed by atoms with Crippen LogP contribution in [-0.4, -0.2) is 9.97 Å². The molecule has 2 aromatic rings. The van der Waals surface area contributed by atoms with Crippen LogP contribution in [0.4, 0.5) is 0 Å². The predicted octanol–water partition coefficient (Wildman–Crippen LogP) is 2.51. The monoisotopic (exact) mass is 176 g/mol. The van der Waals surface area contributed by atoms with Gasteiger partial charge in [-0.25, -0.2) is 4.98 Å². The summed E-state index contributed by atoms with van der Waals surface area (Å²) in [7, 11) is 0. The van der Waals surface area contributed by atoms with E-state index in [-0.39, 0.29) is 0 Å². The van der Waals surface area contributed by atoms with Gasteiger partial charge in [0.25, 0.3) is 0 Å². The molecule has 0 radical (unpaired) electrons.